The van der Waals surface area contributed by atoms with Crippen LogP contribution >= 0.6 is 0 Å². The van der Waals surface area contributed by atoms with Crippen LogP contribution < -0.4 is 0 Å². The normalized spacial score (nSPS) is 10.7. The molecule has 0 heterocycles. The van der Waals surface area contributed by atoms with Gasteiger partial charge in [0.25, 0.3) is 0 Å². The first kappa shape index (κ1) is 13.1. The van der Waals surface area contributed by atoms with Gasteiger partial charge in [-0.2, -0.15) is 0 Å². The molecule has 1 aromatic carbocycles. The lowest BCUT2D eigenvalue weighted by atomic mass is 9.94. The summed E-state index contributed by atoms with van der Waals surface area (Å²) >= 11 is 0. The van der Waals surface area contributed by atoms with Gasteiger partial charge in [0, 0.05) is 0 Å². The molecule has 1 nitrogen and oxygen atoms in total. The summed E-state index contributed by atoms with van der Waals surface area (Å²) in [6, 6.07) is 4.31. The van der Waals surface area contributed by atoms with Crippen molar-refractivity contribution in [3.05, 3.63) is 28.8 Å². The van der Waals surface area contributed by atoms with Gasteiger partial charge in [-0.15, -0.1) is 0 Å². The van der Waals surface area contributed by atoms with Crippen LogP contribution in [0.2, 0.25) is 0 Å². The fourth-order valence-corrected chi connectivity index (χ4v) is 2.23. The third kappa shape index (κ3) is 3.01. The molecule has 0 radical (unpaired) electrons. The standard InChI is InChI=1S/C15H24O/c1-4-7-12-10-11-13(8-5-2)15(16)14(12)9-6-3/h10-11,16H,4-9H2,1-3H3. The summed E-state index contributed by atoms with van der Waals surface area (Å²) in [7, 11) is 0. The third-order valence-corrected chi connectivity index (χ3v) is 3.00. The van der Waals surface area contributed by atoms with Crippen molar-refractivity contribution in [3.8, 4) is 5.75 Å². The SMILES string of the molecule is CCCc1ccc(CCC)c(CCC)c1O. The quantitative estimate of drug-likeness (QED) is 0.760. The van der Waals surface area contributed by atoms with Gasteiger partial charge in [-0.05, 0) is 36.0 Å². The Labute approximate surface area is 99.5 Å². The van der Waals surface area contributed by atoms with Crippen LogP contribution in [0.5, 0.6) is 5.75 Å². The first-order valence-electron chi connectivity index (χ1n) is 6.57. The topological polar surface area (TPSA) is 20.2 Å². The van der Waals surface area contributed by atoms with Crippen LogP contribution in [0.15, 0.2) is 12.1 Å². The highest BCUT2D eigenvalue weighted by Crippen LogP contribution is 2.29. The lowest BCUT2D eigenvalue weighted by Gasteiger charge is -2.14. The van der Waals surface area contributed by atoms with Crippen LogP contribution in [0.4, 0.5) is 0 Å². The van der Waals surface area contributed by atoms with E-state index in [0.29, 0.717) is 5.75 Å². The van der Waals surface area contributed by atoms with Crippen LogP contribution in [0.3, 0.4) is 0 Å². The lowest BCUT2D eigenvalue weighted by molar-refractivity contribution is 0.458. The number of hydrogen-bond donors (Lipinski definition) is 1. The van der Waals surface area contributed by atoms with Crippen LogP contribution in [0, 0.1) is 0 Å². The van der Waals surface area contributed by atoms with Gasteiger partial charge in [0.15, 0.2) is 0 Å². The summed E-state index contributed by atoms with van der Waals surface area (Å²) in [4.78, 5) is 0. The summed E-state index contributed by atoms with van der Waals surface area (Å²) in [6.07, 6.45) is 6.39. The molecular formula is C15H24O. The highest BCUT2D eigenvalue weighted by molar-refractivity contribution is 5.46. The van der Waals surface area contributed by atoms with Gasteiger partial charge < -0.3 is 5.11 Å². The molecule has 0 fully saturated rings. The molecule has 1 rings (SSSR count). The Morgan fingerprint density at radius 1 is 0.812 bits per heavy atom. The maximum Gasteiger partial charge on any atom is 0.122 e. The number of phenolic OH excluding ortho intramolecular Hbond substituents is 1. The molecule has 0 spiro atoms. The number of aryl methyl sites for hydroxylation is 2. The van der Waals surface area contributed by atoms with Gasteiger partial charge in [0.1, 0.15) is 5.75 Å². The van der Waals surface area contributed by atoms with Gasteiger partial charge in [-0.3, -0.25) is 0 Å². The van der Waals surface area contributed by atoms with E-state index in [0.717, 1.165) is 44.1 Å². The van der Waals surface area contributed by atoms with E-state index in [1.807, 2.05) is 0 Å². The summed E-state index contributed by atoms with van der Waals surface area (Å²) in [5.74, 6) is 0.564. The summed E-state index contributed by atoms with van der Waals surface area (Å²) in [5.41, 5.74) is 3.64. The maximum atomic E-state index is 10.3. The first-order valence-corrected chi connectivity index (χ1v) is 6.57. The Hall–Kier alpha value is -0.980. The lowest BCUT2D eigenvalue weighted by Crippen LogP contribution is -1.98. The van der Waals surface area contributed by atoms with Crippen molar-refractivity contribution in [2.45, 2.75) is 59.3 Å². The molecule has 0 unspecified atom stereocenters. The third-order valence-electron chi connectivity index (χ3n) is 3.00. The van der Waals surface area contributed by atoms with E-state index in [1.54, 1.807) is 0 Å². The summed E-state index contributed by atoms with van der Waals surface area (Å²) in [5, 5.41) is 10.3. The van der Waals surface area contributed by atoms with Crippen molar-refractivity contribution in [1.29, 1.82) is 0 Å². The van der Waals surface area contributed by atoms with Crippen LogP contribution in [0.25, 0.3) is 0 Å². The highest BCUT2D eigenvalue weighted by atomic mass is 16.3. The van der Waals surface area contributed by atoms with Crippen molar-refractivity contribution in [3.63, 3.8) is 0 Å². The molecule has 1 N–H and O–H groups in total. The molecular weight excluding hydrogens is 196 g/mol. The molecule has 0 saturated heterocycles. The van der Waals surface area contributed by atoms with Crippen molar-refractivity contribution >= 4 is 0 Å². The molecule has 0 aliphatic heterocycles. The minimum atomic E-state index is 0.564. The molecule has 1 aromatic rings. The molecule has 0 amide bonds. The zero-order chi connectivity index (χ0) is 12.0. The fourth-order valence-electron chi connectivity index (χ4n) is 2.23. The predicted molar refractivity (Wildman–Crippen MR) is 70.1 cm³/mol. The fraction of sp³-hybridized carbons (Fsp3) is 0.600. The average Bonchev–Trinajstić information content (AvgIpc) is 2.28. The highest BCUT2D eigenvalue weighted by Gasteiger charge is 2.10. The van der Waals surface area contributed by atoms with Crippen LogP contribution in [-0.2, 0) is 19.3 Å². The van der Waals surface area contributed by atoms with E-state index in [2.05, 4.69) is 32.9 Å². The number of hydrogen-bond acceptors (Lipinski definition) is 1. The molecule has 1 heteroatoms. The molecule has 90 valence electrons. The Kier molecular flexibility index (Phi) is 5.37. The number of aromatic hydroxyl groups is 1. The second kappa shape index (κ2) is 6.57. The van der Waals surface area contributed by atoms with Gasteiger partial charge in [-0.1, -0.05) is 52.2 Å². The van der Waals surface area contributed by atoms with Crippen molar-refractivity contribution < 1.29 is 5.11 Å². The largest absolute Gasteiger partial charge is 0.507 e. The Morgan fingerprint density at radius 3 is 1.88 bits per heavy atom. The monoisotopic (exact) mass is 220 g/mol. The predicted octanol–water partition coefficient (Wildman–Crippen LogP) is 4.25. The van der Waals surface area contributed by atoms with E-state index in [4.69, 9.17) is 0 Å². The molecule has 0 saturated carbocycles. The average molecular weight is 220 g/mol. The van der Waals surface area contributed by atoms with Crippen LogP contribution in [0.1, 0.15) is 56.7 Å². The van der Waals surface area contributed by atoms with E-state index >= 15 is 0 Å². The number of rotatable bonds is 6. The van der Waals surface area contributed by atoms with E-state index < -0.39 is 0 Å². The van der Waals surface area contributed by atoms with Crippen LogP contribution in [-0.4, -0.2) is 5.11 Å². The zero-order valence-electron chi connectivity index (χ0n) is 10.8. The second-order valence-electron chi connectivity index (χ2n) is 4.46. The molecule has 0 aliphatic rings. The van der Waals surface area contributed by atoms with Crippen molar-refractivity contribution in [2.75, 3.05) is 0 Å². The minimum Gasteiger partial charge on any atom is -0.507 e. The Balaban J connectivity index is 3.07. The molecule has 16 heavy (non-hydrogen) atoms. The molecule has 0 bridgehead atoms. The van der Waals surface area contributed by atoms with Gasteiger partial charge in [-0.25, -0.2) is 0 Å². The number of phenols is 1. The summed E-state index contributed by atoms with van der Waals surface area (Å²) < 4.78 is 0. The van der Waals surface area contributed by atoms with Gasteiger partial charge >= 0.3 is 0 Å². The Bertz CT molecular complexity index is 328. The minimum absolute atomic E-state index is 0.564. The number of benzene rings is 1. The molecule has 0 aliphatic carbocycles. The van der Waals surface area contributed by atoms with Crippen molar-refractivity contribution in [2.24, 2.45) is 0 Å². The Morgan fingerprint density at radius 2 is 1.31 bits per heavy atom. The summed E-state index contributed by atoms with van der Waals surface area (Å²) in [6.45, 7) is 6.51. The van der Waals surface area contributed by atoms with E-state index in [9.17, 15) is 5.11 Å². The molecule has 0 atom stereocenters. The molecule has 0 aromatic heterocycles. The maximum absolute atomic E-state index is 10.3. The second-order valence-corrected chi connectivity index (χ2v) is 4.46. The zero-order valence-corrected chi connectivity index (χ0v) is 10.8. The van der Waals surface area contributed by atoms with Gasteiger partial charge in [0.05, 0.1) is 0 Å². The van der Waals surface area contributed by atoms with Gasteiger partial charge in [0.2, 0.25) is 0 Å². The first-order chi connectivity index (χ1) is 7.74. The van der Waals surface area contributed by atoms with E-state index in [-0.39, 0.29) is 0 Å². The van der Waals surface area contributed by atoms with E-state index in [1.165, 1.54) is 11.1 Å². The smallest absolute Gasteiger partial charge is 0.122 e. The van der Waals surface area contributed by atoms with Crippen molar-refractivity contribution in [1.82, 2.24) is 0 Å².